The maximum atomic E-state index is 11.6. The lowest BCUT2D eigenvalue weighted by Gasteiger charge is -2.16. The summed E-state index contributed by atoms with van der Waals surface area (Å²) in [6.07, 6.45) is 5.44. The summed E-state index contributed by atoms with van der Waals surface area (Å²) in [6, 6.07) is 5.98. The fourth-order valence-corrected chi connectivity index (χ4v) is 2.22. The number of para-hydroxylation sites is 1. The first-order valence-corrected chi connectivity index (χ1v) is 8.86. The second-order valence-corrected chi connectivity index (χ2v) is 5.54. The van der Waals surface area contributed by atoms with Gasteiger partial charge in [0.2, 0.25) is 5.91 Å². The van der Waals surface area contributed by atoms with Gasteiger partial charge in [0.05, 0.1) is 16.7 Å². The van der Waals surface area contributed by atoms with Crippen molar-refractivity contribution in [3.8, 4) is 5.75 Å². The fourth-order valence-electron chi connectivity index (χ4n) is 2.03. The predicted octanol–water partition coefficient (Wildman–Crippen LogP) is 4.58. The van der Waals surface area contributed by atoms with E-state index in [2.05, 4.69) is 47.8 Å². The highest BCUT2D eigenvalue weighted by molar-refractivity contribution is 14.1. The lowest BCUT2D eigenvalue weighted by molar-refractivity contribution is -0.113. The van der Waals surface area contributed by atoms with Gasteiger partial charge in [-0.1, -0.05) is 67.8 Å². The van der Waals surface area contributed by atoms with Gasteiger partial charge in [0.1, 0.15) is 5.75 Å². The first-order valence-electron chi connectivity index (χ1n) is 7.33. The molecule has 0 aliphatic rings. The minimum absolute atomic E-state index is 0.0117. The molecule has 0 heterocycles. The number of hydrogen-bond donors (Lipinski definition) is 1. The molecule has 0 aliphatic carbocycles. The van der Waals surface area contributed by atoms with E-state index in [1.54, 1.807) is 0 Å². The van der Waals surface area contributed by atoms with E-state index in [1.165, 1.54) is 18.4 Å². The summed E-state index contributed by atoms with van der Waals surface area (Å²) in [5, 5.41) is 2.93. The number of halogens is 1. The van der Waals surface area contributed by atoms with Crippen LogP contribution in [-0.4, -0.2) is 16.9 Å². The number of rotatable bonds is 9. The molecule has 0 saturated heterocycles. The summed E-state index contributed by atoms with van der Waals surface area (Å²) in [5.41, 5.74) is 1.98. The molecule has 1 amide bonds. The van der Waals surface area contributed by atoms with Crippen LogP contribution < -0.4 is 10.1 Å². The zero-order chi connectivity index (χ0) is 14.8. The van der Waals surface area contributed by atoms with Crippen LogP contribution in [0, 0.1) is 0 Å². The van der Waals surface area contributed by atoms with Gasteiger partial charge in [0.15, 0.2) is 0 Å². The zero-order valence-corrected chi connectivity index (χ0v) is 14.5. The van der Waals surface area contributed by atoms with Crippen molar-refractivity contribution < 1.29 is 9.53 Å². The van der Waals surface area contributed by atoms with Crippen LogP contribution >= 0.6 is 22.6 Å². The van der Waals surface area contributed by atoms with Crippen molar-refractivity contribution >= 4 is 34.2 Å². The summed E-state index contributed by atoms with van der Waals surface area (Å²) in [4.78, 5) is 11.6. The molecule has 1 aromatic rings. The number of carbonyl (C=O) groups is 1. The lowest BCUT2D eigenvalue weighted by Crippen LogP contribution is -2.14. The van der Waals surface area contributed by atoms with E-state index >= 15 is 0 Å². The van der Waals surface area contributed by atoms with Gasteiger partial charge in [-0.3, -0.25) is 4.79 Å². The molecule has 0 bridgehead atoms. The predicted molar refractivity (Wildman–Crippen MR) is 93.0 cm³/mol. The molecule has 1 N–H and O–H groups in total. The summed E-state index contributed by atoms with van der Waals surface area (Å²) >= 11 is 2.06. The molecule has 0 fully saturated rings. The van der Waals surface area contributed by atoms with Gasteiger partial charge in [-0.2, -0.15) is 0 Å². The Morgan fingerprint density at radius 2 is 2.05 bits per heavy atom. The number of benzene rings is 1. The molecule has 0 aromatic heterocycles. The average molecular weight is 389 g/mol. The molecule has 0 aliphatic heterocycles. The molecule has 0 spiro atoms. The van der Waals surface area contributed by atoms with Gasteiger partial charge < -0.3 is 10.1 Å². The maximum Gasteiger partial charge on any atom is 0.234 e. The van der Waals surface area contributed by atoms with Gasteiger partial charge in [-0.05, 0) is 24.5 Å². The summed E-state index contributed by atoms with van der Waals surface area (Å²) in [7, 11) is 0. The van der Waals surface area contributed by atoms with Crippen molar-refractivity contribution in [2.75, 3.05) is 16.4 Å². The van der Waals surface area contributed by atoms with Crippen LogP contribution in [0.25, 0.3) is 0 Å². The van der Waals surface area contributed by atoms with Gasteiger partial charge >= 0.3 is 0 Å². The fraction of sp³-hybridized carbons (Fsp3) is 0.562. The van der Waals surface area contributed by atoms with Gasteiger partial charge in [0.25, 0.3) is 0 Å². The van der Waals surface area contributed by atoms with Crippen LogP contribution in [0.3, 0.4) is 0 Å². The molecule has 3 nitrogen and oxygen atoms in total. The van der Waals surface area contributed by atoms with Crippen LogP contribution in [0.4, 0.5) is 5.69 Å². The first kappa shape index (κ1) is 17.3. The molecule has 20 heavy (non-hydrogen) atoms. The summed E-state index contributed by atoms with van der Waals surface area (Å²) < 4.78 is 6.40. The largest absolute Gasteiger partial charge is 0.491 e. The third kappa shape index (κ3) is 5.69. The van der Waals surface area contributed by atoms with Crippen molar-refractivity contribution in [1.29, 1.82) is 0 Å². The van der Waals surface area contributed by atoms with Crippen LogP contribution in [0.1, 0.15) is 45.1 Å². The Labute approximate surface area is 135 Å². The number of anilines is 1. The monoisotopic (exact) mass is 389 g/mol. The van der Waals surface area contributed by atoms with Gasteiger partial charge in [-0.25, -0.2) is 0 Å². The molecule has 112 valence electrons. The topological polar surface area (TPSA) is 38.3 Å². The Hall–Kier alpha value is -0.780. The number of hydrogen-bond acceptors (Lipinski definition) is 2. The second-order valence-electron chi connectivity index (χ2n) is 4.78. The number of alkyl halides is 1. The normalized spacial score (nSPS) is 10.3. The number of carbonyl (C=O) groups excluding carboxylic acids is 1. The number of ether oxygens (including phenoxy) is 1. The highest BCUT2D eigenvalue weighted by Gasteiger charge is 2.11. The van der Waals surface area contributed by atoms with E-state index in [9.17, 15) is 4.79 Å². The zero-order valence-electron chi connectivity index (χ0n) is 12.4. The van der Waals surface area contributed by atoms with E-state index in [-0.39, 0.29) is 5.91 Å². The first-order chi connectivity index (χ1) is 9.72. The van der Waals surface area contributed by atoms with Crippen molar-refractivity contribution in [2.45, 2.75) is 46.0 Å². The summed E-state index contributed by atoms with van der Waals surface area (Å²) in [5.74, 6) is 0.862. The van der Waals surface area contributed by atoms with Crippen molar-refractivity contribution in [3.05, 3.63) is 23.8 Å². The van der Waals surface area contributed by atoms with Gasteiger partial charge in [0, 0.05) is 0 Å². The molecule has 1 rings (SSSR count). The molecule has 4 heteroatoms. The van der Waals surface area contributed by atoms with Crippen molar-refractivity contribution in [1.82, 2.24) is 0 Å². The molecule has 0 radical (unpaired) electrons. The Bertz CT molecular complexity index is 421. The van der Waals surface area contributed by atoms with E-state index in [0.717, 1.165) is 30.7 Å². The Balaban J connectivity index is 2.84. The minimum Gasteiger partial charge on any atom is -0.491 e. The highest BCUT2D eigenvalue weighted by atomic mass is 127. The number of amides is 1. The van der Waals surface area contributed by atoms with Crippen LogP contribution in [0.15, 0.2) is 18.2 Å². The smallest absolute Gasteiger partial charge is 0.234 e. The number of unbranched alkanes of at least 4 members (excludes halogenated alkanes) is 2. The minimum atomic E-state index is 0.0117. The molecule has 0 atom stereocenters. The van der Waals surface area contributed by atoms with E-state index < -0.39 is 0 Å². The van der Waals surface area contributed by atoms with Gasteiger partial charge in [-0.15, -0.1) is 0 Å². The Morgan fingerprint density at radius 1 is 1.25 bits per heavy atom. The summed E-state index contributed by atoms with van der Waals surface area (Å²) in [6.45, 7) is 5.04. The Morgan fingerprint density at radius 3 is 2.70 bits per heavy atom. The molecule has 0 saturated carbocycles. The molecule has 0 unspecified atom stereocenters. The van der Waals surface area contributed by atoms with Crippen molar-refractivity contribution in [3.63, 3.8) is 0 Å². The van der Waals surface area contributed by atoms with Crippen LogP contribution in [0.5, 0.6) is 5.75 Å². The molecular weight excluding hydrogens is 365 g/mol. The SMILES string of the molecule is CCCCCOc1c(CCC)cccc1NC(=O)CI. The third-order valence-electron chi connectivity index (χ3n) is 3.01. The second kappa shape index (κ2) is 10.0. The van der Waals surface area contributed by atoms with E-state index in [0.29, 0.717) is 11.0 Å². The van der Waals surface area contributed by atoms with Crippen molar-refractivity contribution in [2.24, 2.45) is 0 Å². The molecular formula is C16H24INO2. The average Bonchev–Trinajstić information content (AvgIpc) is 2.46. The number of aryl methyl sites for hydroxylation is 1. The maximum absolute atomic E-state index is 11.6. The highest BCUT2D eigenvalue weighted by Crippen LogP contribution is 2.30. The van der Waals surface area contributed by atoms with Crippen LogP contribution in [0.2, 0.25) is 0 Å². The van der Waals surface area contributed by atoms with E-state index in [4.69, 9.17) is 4.74 Å². The number of nitrogens with one attached hydrogen (secondary N) is 1. The standard InChI is InChI=1S/C16H24INO2/c1-3-5-6-11-20-16-13(8-4-2)9-7-10-14(16)18-15(19)12-17/h7,9-10H,3-6,8,11-12H2,1-2H3,(H,18,19). The third-order valence-corrected chi connectivity index (χ3v) is 3.70. The Kier molecular flexibility index (Phi) is 8.65. The quantitative estimate of drug-likeness (QED) is 0.381. The lowest BCUT2D eigenvalue weighted by atomic mass is 10.1. The van der Waals surface area contributed by atoms with E-state index in [1.807, 2.05) is 12.1 Å². The molecule has 1 aromatic carbocycles. The van der Waals surface area contributed by atoms with Crippen LogP contribution in [-0.2, 0) is 11.2 Å².